The highest BCUT2D eigenvalue weighted by atomic mass is 35.5. The van der Waals surface area contributed by atoms with Gasteiger partial charge in [-0.1, -0.05) is 11.6 Å². The maximum Gasteiger partial charge on any atom is 0.141 e. The smallest absolute Gasteiger partial charge is 0.141 e. The Morgan fingerprint density at radius 2 is 2.25 bits per heavy atom. The molecule has 2 aromatic rings. The number of halogens is 2. The van der Waals surface area contributed by atoms with E-state index in [1.165, 1.54) is 17.4 Å². The molecule has 0 atom stereocenters. The van der Waals surface area contributed by atoms with Crippen LogP contribution in [0.25, 0.3) is 11.3 Å². The number of hydrogen-bond donors (Lipinski definition) is 1. The number of thiazole rings is 1. The van der Waals surface area contributed by atoms with Gasteiger partial charge in [-0.25, -0.2) is 9.37 Å². The first-order valence-corrected chi connectivity index (χ1v) is 5.84. The van der Waals surface area contributed by atoms with Crippen molar-refractivity contribution < 1.29 is 9.50 Å². The zero-order chi connectivity index (χ0) is 11.7. The van der Waals surface area contributed by atoms with Gasteiger partial charge in [0.15, 0.2) is 0 Å². The Labute approximate surface area is 101 Å². The summed E-state index contributed by atoms with van der Waals surface area (Å²) >= 11 is 7.13. The first kappa shape index (κ1) is 11.5. The summed E-state index contributed by atoms with van der Waals surface area (Å²) in [7, 11) is 0. The summed E-state index contributed by atoms with van der Waals surface area (Å²) < 4.78 is 13.0. The molecule has 0 aliphatic rings. The van der Waals surface area contributed by atoms with E-state index in [2.05, 4.69) is 4.98 Å². The lowest BCUT2D eigenvalue weighted by Crippen LogP contribution is -1.85. The molecule has 0 radical (unpaired) electrons. The van der Waals surface area contributed by atoms with Gasteiger partial charge in [0.05, 0.1) is 17.3 Å². The van der Waals surface area contributed by atoms with Gasteiger partial charge in [-0.15, -0.1) is 11.3 Å². The number of hydrogen-bond acceptors (Lipinski definition) is 3. The van der Waals surface area contributed by atoms with Crippen LogP contribution in [0.15, 0.2) is 18.2 Å². The second-order valence-corrected chi connectivity index (χ2v) is 4.99. The largest absolute Gasteiger partial charge is 0.389 e. The van der Waals surface area contributed by atoms with Crippen LogP contribution in [0.1, 0.15) is 9.88 Å². The Kier molecular flexibility index (Phi) is 3.23. The summed E-state index contributed by atoms with van der Waals surface area (Å²) in [6.45, 7) is 1.82. The van der Waals surface area contributed by atoms with E-state index in [4.69, 9.17) is 16.7 Å². The lowest BCUT2D eigenvalue weighted by Gasteiger charge is -2.00. The number of nitrogens with zero attached hydrogens (tertiary/aromatic N) is 1. The molecular weight excluding hydrogens is 249 g/mol. The fourth-order valence-electron chi connectivity index (χ4n) is 1.43. The van der Waals surface area contributed by atoms with Gasteiger partial charge < -0.3 is 5.11 Å². The van der Waals surface area contributed by atoms with E-state index < -0.39 is 5.82 Å². The summed E-state index contributed by atoms with van der Waals surface area (Å²) in [5.74, 6) is -0.444. The predicted octanol–water partition coefficient (Wildman–Crippen LogP) is 3.40. The van der Waals surface area contributed by atoms with E-state index in [9.17, 15) is 4.39 Å². The van der Waals surface area contributed by atoms with Crippen molar-refractivity contribution in [1.29, 1.82) is 0 Å². The second kappa shape index (κ2) is 4.49. The SMILES string of the molecule is Cc1sc(CO)nc1-c1ccc(F)c(Cl)c1. The van der Waals surface area contributed by atoms with Crippen molar-refractivity contribution in [3.05, 3.63) is 38.9 Å². The third kappa shape index (κ3) is 2.09. The average Bonchev–Trinajstić information content (AvgIpc) is 2.64. The van der Waals surface area contributed by atoms with Crippen LogP contribution >= 0.6 is 22.9 Å². The van der Waals surface area contributed by atoms with Gasteiger partial charge in [-0.3, -0.25) is 0 Å². The monoisotopic (exact) mass is 257 g/mol. The number of aliphatic hydroxyl groups is 1. The molecule has 0 amide bonds. The van der Waals surface area contributed by atoms with E-state index in [0.717, 1.165) is 16.1 Å². The summed E-state index contributed by atoms with van der Waals surface area (Å²) in [6, 6.07) is 4.49. The van der Waals surface area contributed by atoms with E-state index >= 15 is 0 Å². The third-order valence-corrected chi connectivity index (χ3v) is 3.41. The van der Waals surface area contributed by atoms with E-state index in [1.54, 1.807) is 12.1 Å². The molecule has 16 heavy (non-hydrogen) atoms. The maximum absolute atomic E-state index is 13.0. The third-order valence-electron chi connectivity index (χ3n) is 2.17. The Bertz CT molecular complexity index is 527. The van der Waals surface area contributed by atoms with Gasteiger partial charge in [0, 0.05) is 10.4 Å². The number of aryl methyl sites for hydroxylation is 1. The van der Waals surface area contributed by atoms with Crippen LogP contribution in [-0.2, 0) is 6.61 Å². The summed E-state index contributed by atoms with van der Waals surface area (Å²) in [5, 5.41) is 9.71. The van der Waals surface area contributed by atoms with Crippen LogP contribution in [0.5, 0.6) is 0 Å². The highest BCUT2D eigenvalue weighted by Crippen LogP contribution is 2.30. The molecule has 1 aromatic carbocycles. The van der Waals surface area contributed by atoms with Gasteiger partial charge in [0.2, 0.25) is 0 Å². The molecule has 5 heteroatoms. The summed E-state index contributed by atoms with van der Waals surface area (Å²) in [6.07, 6.45) is 0. The zero-order valence-corrected chi connectivity index (χ0v) is 10.1. The van der Waals surface area contributed by atoms with Gasteiger partial charge in [0.1, 0.15) is 10.8 Å². The zero-order valence-electron chi connectivity index (χ0n) is 8.50. The Hall–Kier alpha value is -0.970. The molecule has 0 aliphatic heterocycles. The lowest BCUT2D eigenvalue weighted by molar-refractivity contribution is 0.281. The standard InChI is InChI=1S/C11H9ClFNOS/c1-6-11(14-10(5-15)16-6)7-2-3-9(13)8(12)4-7/h2-4,15H,5H2,1H3. The molecule has 2 nitrogen and oxygen atoms in total. The quantitative estimate of drug-likeness (QED) is 0.894. The topological polar surface area (TPSA) is 33.1 Å². The minimum atomic E-state index is -0.444. The van der Waals surface area contributed by atoms with Crippen LogP contribution in [0, 0.1) is 12.7 Å². The molecule has 0 saturated heterocycles. The number of aliphatic hydroxyl groups excluding tert-OH is 1. The fraction of sp³-hybridized carbons (Fsp3) is 0.182. The molecule has 1 N–H and O–H groups in total. The number of benzene rings is 1. The first-order chi connectivity index (χ1) is 7.61. The van der Waals surface area contributed by atoms with Crippen molar-refractivity contribution in [2.24, 2.45) is 0 Å². The van der Waals surface area contributed by atoms with Crippen molar-refractivity contribution in [3.8, 4) is 11.3 Å². The highest BCUT2D eigenvalue weighted by molar-refractivity contribution is 7.12. The van der Waals surface area contributed by atoms with Crippen LogP contribution in [-0.4, -0.2) is 10.1 Å². The Balaban J connectivity index is 2.49. The predicted molar refractivity (Wildman–Crippen MR) is 63.2 cm³/mol. The molecule has 0 saturated carbocycles. The molecule has 0 bridgehead atoms. The van der Waals surface area contributed by atoms with Gasteiger partial charge in [-0.05, 0) is 25.1 Å². The molecule has 2 rings (SSSR count). The molecule has 84 valence electrons. The number of rotatable bonds is 2. The molecule has 0 aliphatic carbocycles. The van der Waals surface area contributed by atoms with Gasteiger partial charge in [0.25, 0.3) is 0 Å². The van der Waals surface area contributed by atoms with E-state index in [-0.39, 0.29) is 11.6 Å². The molecule has 0 fully saturated rings. The normalized spacial score (nSPS) is 10.8. The Morgan fingerprint density at radius 3 is 2.81 bits per heavy atom. The molecule has 0 unspecified atom stereocenters. The summed E-state index contributed by atoms with van der Waals surface area (Å²) in [4.78, 5) is 5.24. The number of aromatic nitrogens is 1. The molecular formula is C11H9ClFNOS. The van der Waals surface area contributed by atoms with Crippen LogP contribution in [0.4, 0.5) is 4.39 Å². The van der Waals surface area contributed by atoms with Crippen LogP contribution in [0.3, 0.4) is 0 Å². The average molecular weight is 258 g/mol. The van der Waals surface area contributed by atoms with E-state index in [0.29, 0.717) is 5.01 Å². The minimum absolute atomic E-state index is 0.0791. The lowest BCUT2D eigenvalue weighted by atomic mass is 10.1. The van der Waals surface area contributed by atoms with Crippen LogP contribution < -0.4 is 0 Å². The van der Waals surface area contributed by atoms with Crippen molar-refractivity contribution in [2.45, 2.75) is 13.5 Å². The van der Waals surface area contributed by atoms with Crippen molar-refractivity contribution in [2.75, 3.05) is 0 Å². The van der Waals surface area contributed by atoms with Gasteiger partial charge >= 0.3 is 0 Å². The molecule has 1 heterocycles. The van der Waals surface area contributed by atoms with Crippen LogP contribution in [0.2, 0.25) is 5.02 Å². The highest BCUT2D eigenvalue weighted by Gasteiger charge is 2.10. The Morgan fingerprint density at radius 1 is 1.50 bits per heavy atom. The maximum atomic E-state index is 13.0. The molecule has 0 spiro atoms. The molecule has 1 aromatic heterocycles. The second-order valence-electron chi connectivity index (χ2n) is 3.30. The van der Waals surface area contributed by atoms with Gasteiger partial charge in [-0.2, -0.15) is 0 Å². The van der Waals surface area contributed by atoms with Crippen molar-refractivity contribution >= 4 is 22.9 Å². The minimum Gasteiger partial charge on any atom is -0.389 e. The fourth-order valence-corrected chi connectivity index (χ4v) is 2.43. The van der Waals surface area contributed by atoms with Crippen molar-refractivity contribution in [1.82, 2.24) is 4.98 Å². The first-order valence-electron chi connectivity index (χ1n) is 4.64. The summed E-state index contributed by atoms with van der Waals surface area (Å²) in [5.41, 5.74) is 1.51. The van der Waals surface area contributed by atoms with E-state index in [1.807, 2.05) is 6.92 Å². The van der Waals surface area contributed by atoms with Crippen molar-refractivity contribution in [3.63, 3.8) is 0 Å².